The van der Waals surface area contributed by atoms with E-state index in [0.717, 1.165) is 35.4 Å². The van der Waals surface area contributed by atoms with Crippen molar-refractivity contribution in [2.24, 2.45) is 0 Å². The Bertz CT molecular complexity index is 820. The first-order valence-electron chi connectivity index (χ1n) is 8.61. The average molecular weight is 356 g/mol. The van der Waals surface area contributed by atoms with E-state index in [9.17, 15) is 9.82 Å². The maximum Gasteiger partial charge on any atom is 0.491 e. The molecule has 0 unspecified atom stereocenters. The summed E-state index contributed by atoms with van der Waals surface area (Å²) >= 11 is 6.38. The molecule has 2 aliphatic rings. The van der Waals surface area contributed by atoms with Gasteiger partial charge in [-0.05, 0) is 47.6 Å². The average Bonchev–Trinajstić information content (AvgIpc) is 3.25. The van der Waals surface area contributed by atoms with E-state index in [4.69, 9.17) is 16.3 Å². The summed E-state index contributed by atoms with van der Waals surface area (Å²) in [5.41, 5.74) is 4.20. The summed E-state index contributed by atoms with van der Waals surface area (Å²) in [6, 6.07) is 11.4. The number of halogens is 1. The van der Waals surface area contributed by atoms with Gasteiger partial charge in [-0.2, -0.15) is 0 Å². The fourth-order valence-electron chi connectivity index (χ4n) is 3.56. The van der Waals surface area contributed by atoms with Crippen molar-refractivity contribution in [3.05, 3.63) is 58.1 Å². The van der Waals surface area contributed by atoms with E-state index in [2.05, 4.69) is 4.90 Å². The molecule has 0 bridgehead atoms. The predicted octanol–water partition coefficient (Wildman–Crippen LogP) is 2.58. The van der Waals surface area contributed by atoms with Gasteiger partial charge in [-0.15, -0.1) is 0 Å². The van der Waals surface area contributed by atoms with Gasteiger partial charge in [0.2, 0.25) is 0 Å². The molecule has 2 aliphatic heterocycles. The molecule has 1 saturated heterocycles. The fourth-order valence-corrected chi connectivity index (χ4v) is 3.84. The zero-order valence-corrected chi connectivity index (χ0v) is 14.6. The molecule has 1 fully saturated rings. The van der Waals surface area contributed by atoms with Gasteiger partial charge in [0.15, 0.2) is 5.78 Å². The van der Waals surface area contributed by atoms with Gasteiger partial charge in [0, 0.05) is 30.8 Å². The smallest absolute Gasteiger partial charge is 0.423 e. The van der Waals surface area contributed by atoms with Gasteiger partial charge in [-0.3, -0.25) is 4.79 Å². The lowest BCUT2D eigenvalue weighted by Crippen LogP contribution is -2.28. The Balaban J connectivity index is 1.52. The van der Waals surface area contributed by atoms with Crippen LogP contribution in [0.15, 0.2) is 36.4 Å². The number of ketones is 1. The molecule has 6 heteroatoms. The van der Waals surface area contributed by atoms with Crippen molar-refractivity contribution in [1.82, 2.24) is 0 Å². The highest BCUT2D eigenvalue weighted by Gasteiger charge is 2.27. The number of anilines is 1. The van der Waals surface area contributed by atoms with Crippen molar-refractivity contribution >= 4 is 35.7 Å². The summed E-state index contributed by atoms with van der Waals surface area (Å²) in [7, 11) is -0.895. The zero-order chi connectivity index (χ0) is 17.4. The quantitative estimate of drug-likeness (QED) is 0.676. The number of fused-ring (bicyclic) bond motifs is 1. The molecule has 4 nitrogen and oxygen atoms in total. The van der Waals surface area contributed by atoms with Crippen molar-refractivity contribution < 1.29 is 14.5 Å². The van der Waals surface area contributed by atoms with E-state index >= 15 is 0 Å². The van der Waals surface area contributed by atoms with Crippen molar-refractivity contribution in [3.63, 3.8) is 0 Å². The lowest BCUT2D eigenvalue weighted by atomic mass is 9.78. The maximum absolute atomic E-state index is 12.7. The highest BCUT2D eigenvalue weighted by atomic mass is 35.5. The maximum atomic E-state index is 12.7. The molecule has 2 aromatic rings. The van der Waals surface area contributed by atoms with Crippen molar-refractivity contribution in [3.8, 4) is 0 Å². The van der Waals surface area contributed by atoms with Gasteiger partial charge in [-0.1, -0.05) is 29.8 Å². The molecule has 0 radical (unpaired) electrons. The van der Waals surface area contributed by atoms with Crippen LogP contribution in [-0.2, 0) is 17.7 Å². The van der Waals surface area contributed by atoms with E-state index in [1.165, 1.54) is 12.8 Å². The van der Waals surface area contributed by atoms with Crippen molar-refractivity contribution in [2.45, 2.75) is 25.9 Å². The third-order valence-corrected chi connectivity index (χ3v) is 5.27. The van der Waals surface area contributed by atoms with E-state index in [-0.39, 0.29) is 12.2 Å². The minimum absolute atomic E-state index is 0.0219. The molecule has 128 valence electrons. The minimum atomic E-state index is -0.895. The molecule has 0 aromatic heterocycles. The topological polar surface area (TPSA) is 49.8 Å². The highest BCUT2D eigenvalue weighted by Crippen LogP contribution is 2.27. The molecule has 25 heavy (non-hydrogen) atoms. The molecule has 0 aliphatic carbocycles. The van der Waals surface area contributed by atoms with E-state index < -0.39 is 7.12 Å². The summed E-state index contributed by atoms with van der Waals surface area (Å²) < 4.78 is 5.19. The Morgan fingerprint density at radius 3 is 2.76 bits per heavy atom. The van der Waals surface area contributed by atoms with Crippen LogP contribution in [-0.4, -0.2) is 31.0 Å². The molecular weight excluding hydrogens is 336 g/mol. The molecule has 2 aromatic carbocycles. The summed E-state index contributed by atoms with van der Waals surface area (Å²) in [6.07, 6.45) is 2.65. The van der Waals surface area contributed by atoms with Gasteiger partial charge in [-0.25, -0.2) is 0 Å². The number of carbonyl (C=O) groups excluding carboxylic acids is 1. The highest BCUT2D eigenvalue weighted by molar-refractivity contribution is 6.61. The van der Waals surface area contributed by atoms with Gasteiger partial charge < -0.3 is 14.6 Å². The van der Waals surface area contributed by atoms with Gasteiger partial charge in [0.25, 0.3) is 0 Å². The number of benzene rings is 2. The van der Waals surface area contributed by atoms with E-state index in [1.807, 2.05) is 36.4 Å². The lowest BCUT2D eigenvalue weighted by molar-refractivity contribution is 0.0993. The predicted molar refractivity (Wildman–Crippen MR) is 99.8 cm³/mol. The number of nitrogens with zero attached hydrogens (tertiary/aromatic N) is 1. The lowest BCUT2D eigenvalue weighted by Gasteiger charge is -2.18. The number of Topliss-reactive ketones (excluding diaryl/α,β-unsaturated/α-hetero) is 1. The Labute approximate surface area is 152 Å². The minimum Gasteiger partial charge on any atom is -0.423 e. The van der Waals surface area contributed by atoms with Crippen LogP contribution in [0.2, 0.25) is 5.02 Å². The van der Waals surface area contributed by atoms with Crippen LogP contribution in [0, 0.1) is 0 Å². The molecule has 1 N–H and O–H groups in total. The van der Waals surface area contributed by atoms with Crippen LogP contribution in [0.4, 0.5) is 5.69 Å². The largest absolute Gasteiger partial charge is 0.491 e. The zero-order valence-electron chi connectivity index (χ0n) is 13.9. The fraction of sp³-hybridized carbons (Fsp3) is 0.316. The van der Waals surface area contributed by atoms with E-state index in [0.29, 0.717) is 17.2 Å². The van der Waals surface area contributed by atoms with Crippen LogP contribution >= 0.6 is 11.6 Å². The summed E-state index contributed by atoms with van der Waals surface area (Å²) in [5.74, 6) is -0.0219. The van der Waals surface area contributed by atoms with Gasteiger partial charge in [0.1, 0.15) is 0 Å². The Morgan fingerprint density at radius 2 is 2.00 bits per heavy atom. The third kappa shape index (κ3) is 3.32. The van der Waals surface area contributed by atoms with Crippen molar-refractivity contribution in [2.75, 3.05) is 18.0 Å². The first-order chi connectivity index (χ1) is 12.1. The first-order valence-corrected chi connectivity index (χ1v) is 8.99. The SMILES string of the molecule is O=C(Cc1ccc2c(c1)B(O)OC2)c1ccc(N2CCCC2)cc1Cl. The van der Waals surface area contributed by atoms with Crippen LogP contribution in [0.5, 0.6) is 0 Å². The van der Waals surface area contributed by atoms with Crippen LogP contribution in [0.3, 0.4) is 0 Å². The van der Waals surface area contributed by atoms with Crippen molar-refractivity contribution in [1.29, 1.82) is 0 Å². The van der Waals surface area contributed by atoms with E-state index in [1.54, 1.807) is 0 Å². The molecular formula is C19H19BClNO3. The standard InChI is InChI=1S/C19H19BClNO3/c21-18-11-15(22-7-1-2-8-22)5-6-16(18)19(23)10-13-3-4-14-12-25-20(24)17(14)9-13/h3-6,9,11,24H,1-2,7-8,10,12H2. The van der Waals surface area contributed by atoms with Gasteiger partial charge >= 0.3 is 7.12 Å². The number of carbonyl (C=O) groups is 1. The summed E-state index contributed by atoms with van der Waals surface area (Å²) in [5, 5.41) is 10.3. The molecule has 0 spiro atoms. The number of rotatable bonds is 4. The molecule has 0 atom stereocenters. The van der Waals surface area contributed by atoms with Crippen LogP contribution in [0.25, 0.3) is 0 Å². The Kier molecular flexibility index (Phi) is 4.55. The summed E-state index contributed by atoms with van der Waals surface area (Å²) in [6.45, 7) is 2.50. The second-order valence-corrected chi connectivity index (χ2v) is 7.06. The second-order valence-electron chi connectivity index (χ2n) is 6.65. The third-order valence-electron chi connectivity index (χ3n) is 4.96. The second kappa shape index (κ2) is 6.83. The van der Waals surface area contributed by atoms with Gasteiger partial charge in [0.05, 0.1) is 11.6 Å². The molecule has 4 rings (SSSR count). The number of hydrogen-bond acceptors (Lipinski definition) is 4. The van der Waals surface area contributed by atoms with Crippen LogP contribution in [0.1, 0.15) is 34.3 Å². The molecule has 0 saturated carbocycles. The van der Waals surface area contributed by atoms with Crippen LogP contribution < -0.4 is 10.4 Å². The molecule has 2 heterocycles. The first kappa shape index (κ1) is 16.6. The number of hydrogen-bond donors (Lipinski definition) is 1. The monoisotopic (exact) mass is 355 g/mol. The Hall–Kier alpha value is -1.82. The normalized spacial score (nSPS) is 16.4. The Morgan fingerprint density at radius 1 is 1.20 bits per heavy atom. The summed E-state index contributed by atoms with van der Waals surface area (Å²) in [4.78, 5) is 15.0. The molecule has 0 amide bonds.